The van der Waals surface area contributed by atoms with E-state index in [1.807, 2.05) is 11.3 Å². The van der Waals surface area contributed by atoms with Gasteiger partial charge in [-0.2, -0.15) is 11.8 Å². The van der Waals surface area contributed by atoms with Crippen molar-refractivity contribution in [3.05, 3.63) is 16.3 Å². The second-order valence-corrected chi connectivity index (χ2v) is 8.98. The summed E-state index contributed by atoms with van der Waals surface area (Å²) in [7, 11) is 0. The summed E-state index contributed by atoms with van der Waals surface area (Å²) in [4.78, 5) is 15.5. The summed E-state index contributed by atoms with van der Waals surface area (Å²) in [5, 5.41) is 1.41. The predicted octanol–water partition coefficient (Wildman–Crippen LogP) is 4.00. The molecule has 1 saturated carbocycles. The van der Waals surface area contributed by atoms with Crippen molar-refractivity contribution >= 4 is 39.1 Å². The van der Waals surface area contributed by atoms with Crippen LogP contribution >= 0.6 is 23.1 Å². The molecule has 0 aromatic carbocycles. The molecular formula is C17H21N3S2. The van der Waals surface area contributed by atoms with Crippen LogP contribution in [0.2, 0.25) is 0 Å². The summed E-state index contributed by atoms with van der Waals surface area (Å²) >= 11 is 4.02. The Kier molecular flexibility index (Phi) is 3.33. The molecule has 3 aliphatic rings. The van der Waals surface area contributed by atoms with Crippen LogP contribution in [0.1, 0.15) is 47.9 Å². The topological polar surface area (TPSA) is 29.0 Å². The molecule has 2 fully saturated rings. The minimum Gasteiger partial charge on any atom is -0.354 e. The lowest BCUT2D eigenvalue weighted by molar-refractivity contribution is 0.699. The highest BCUT2D eigenvalue weighted by molar-refractivity contribution is 7.99. The third-order valence-corrected chi connectivity index (χ3v) is 7.19. The van der Waals surface area contributed by atoms with Gasteiger partial charge in [0, 0.05) is 35.4 Å². The highest BCUT2D eigenvalue weighted by Gasteiger charge is 2.30. The van der Waals surface area contributed by atoms with Gasteiger partial charge in [0.2, 0.25) is 0 Å². The molecule has 2 aromatic heterocycles. The maximum absolute atomic E-state index is 5.08. The van der Waals surface area contributed by atoms with Gasteiger partial charge in [-0.25, -0.2) is 9.97 Å². The van der Waals surface area contributed by atoms with Gasteiger partial charge in [-0.1, -0.05) is 0 Å². The number of thioether (sulfide) groups is 1. The standard InChI is InChI=1S/C17H21N3S2/c1-2-4-13-12(3-1)14-16(20-7-9-21-10-8-20)18-15(11-5-6-11)19-17(14)22-13/h11H,1-10H2. The Balaban J connectivity index is 1.71. The molecule has 0 unspecified atom stereocenters. The Labute approximate surface area is 139 Å². The Morgan fingerprint density at radius 3 is 2.64 bits per heavy atom. The summed E-state index contributed by atoms with van der Waals surface area (Å²) in [6, 6.07) is 0. The molecule has 5 rings (SSSR count). The molecule has 3 nitrogen and oxygen atoms in total. The van der Waals surface area contributed by atoms with Crippen molar-refractivity contribution in [1.29, 1.82) is 0 Å². The zero-order valence-electron chi connectivity index (χ0n) is 12.8. The maximum Gasteiger partial charge on any atom is 0.141 e. The number of hydrogen-bond donors (Lipinski definition) is 0. The highest BCUT2D eigenvalue weighted by Crippen LogP contribution is 2.44. The fraction of sp³-hybridized carbons (Fsp3) is 0.647. The van der Waals surface area contributed by atoms with Gasteiger partial charge in [-0.05, 0) is 44.1 Å². The predicted molar refractivity (Wildman–Crippen MR) is 95.6 cm³/mol. The molecular weight excluding hydrogens is 310 g/mol. The van der Waals surface area contributed by atoms with Gasteiger partial charge < -0.3 is 4.90 Å². The number of aryl methyl sites for hydroxylation is 2. The van der Waals surface area contributed by atoms with Gasteiger partial charge in [0.05, 0.1) is 5.39 Å². The van der Waals surface area contributed by atoms with E-state index in [0.717, 1.165) is 18.9 Å². The van der Waals surface area contributed by atoms with Crippen LogP contribution in [0.4, 0.5) is 5.82 Å². The van der Waals surface area contributed by atoms with Crippen molar-refractivity contribution < 1.29 is 0 Å². The maximum atomic E-state index is 5.08. The molecule has 0 bridgehead atoms. The average Bonchev–Trinajstić information content (AvgIpc) is 3.35. The van der Waals surface area contributed by atoms with E-state index in [-0.39, 0.29) is 0 Å². The molecule has 0 amide bonds. The molecule has 2 aromatic rings. The van der Waals surface area contributed by atoms with E-state index in [9.17, 15) is 0 Å². The van der Waals surface area contributed by atoms with Gasteiger partial charge in [-0.15, -0.1) is 11.3 Å². The molecule has 0 spiro atoms. The number of fused-ring (bicyclic) bond motifs is 3. The number of aromatic nitrogens is 2. The quantitative estimate of drug-likeness (QED) is 0.832. The summed E-state index contributed by atoms with van der Waals surface area (Å²) in [5.74, 6) is 5.50. The molecule has 116 valence electrons. The first kappa shape index (κ1) is 13.6. The van der Waals surface area contributed by atoms with E-state index in [1.165, 1.54) is 66.1 Å². The molecule has 3 heterocycles. The van der Waals surface area contributed by atoms with E-state index < -0.39 is 0 Å². The fourth-order valence-corrected chi connectivity index (χ4v) is 5.85. The lowest BCUT2D eigenvalue weighted by atomic mass is 9.97. The van der Waals surface area contributed by atoms with Crippen LogP contribution in [0.5, 0.6) is 0 Å². The summed E-state index contributed by atoms with van der Waals surface area (Å²) < 4.78 is 0. The minimum atomic E-state index is 0.640. The van der Waals surface area contributed by atoms with Gasteiger partial charge in [0.25, 0.3) is 0 Å². The zero-order valence-corrected chi connectivity index (χ0v) is 14.4. The van der Waals surface area contributed by atoms with Crippen LogP contribution in [0.3, 0.4) is 0 Å². The smallest absolute Gasteiger partial charge is 0.141 e. The Bertz CT molecular complexity index is 714. The summed E-state index contributed by atoms with van der Waals surface area (Å²) in [6.45, 7) is 2.29. The molecule has 5 heteroatoms. The fourth-order valence-electron chi connectivity index (χ4n) is 3.68. The van der Waals surface area contributed by atoms with Crippen LogP contribution < -0.4 is 4.90 Å². The lowest BCUT2D eigenvalue weighted by Gasteiger charge is -2.28. The lowest BCUT2D eigenvalue weighted by Crippen LogP contribution is -2.33. The van der Waals surface area contributed by atoms with E-state index in [1.54, 1.807) is 10.4 Å². The molecule has 1 aliphatic heterocycles. The number of thiophene rings is 1. The van der Waals surface area contributed by atoms with Crippen molar-refractivity contribution in [3.63, 3.8) is 0 Å². The largest absolute Gasteiger partial charge is 0.354 e. The number of hydrogen-bond acceptors (Lipinski definition) is 5. The second kappa shape index (κ2) is 5.38. The molecule has 0 radical (unpaired) electrons. The first-order valence-corrected chi connectivity index (χ1v) is 10.5. The van der Waals surface area contributed by atoms with E-state index >= 15 is 0 Å². The Morgan fingerprint density at radius 2 is 1.82 bits per heavy atom. The van der Waals surface area contributed by atoms with E-state index in [0.29, 0.717) is 5.92 Å². The van der Waals surface area contributed by atoms with Crippen molar-refractivity contribution in [2.75, 3.05) is 29.5 Å². The molecule has 0 N–H and O–H groups in total. The van der Waals surface area contributed by atoms with Crippen LogP contribution in [0.15, 0.2) is 0 Å². The van der Waals surface area contributed by atoms with E-state index in [4.69, 9.17) is 9.97 Å². The number of anilines is 1. The normalized spacial score (nSPS) is 22.1. The third-order valence-electron chi connectivity index (χ3n) is 5.07. The minimum absolute atomic E-state index is 0.640. The average molecular weight is 332 g/mol. The number of nitrogens with zero attached hydrogens (tertiary/aromatic N) is 3. The van der Waals surface area contributed by atoms with Crippen molar-refractivity contribution in [2.45, 2.75) is 44.4 Å². The van der Waals surface area contributed by atoms with Crippen LogP contribution in [-0.2, 0) is 12.8 Å². The molecule has 2 aliphatic carbocycles. The molecule has 22 heavy (non-hydrogen) atoms. The van der Waals surface area contributed by atoms with Crippen LogP contribution in [0, 0.1) is 0 Å². The summed E-state index contributed by atoms with van der Waals surface area (Å²) in [6.07, 6.45) is 7.73. The Hall–Kier alpha value is -0.810. The third kappa shape index (κ3) is 2.24. The molecule has 1 saturated heterocycles. The van der Waals surface area contributed by atoms with Gasteiger partial charge in [-0.3, -0.25) is 0 Å². The number of rotatable bonds is 2. The van der Waals surface area contributed by atoms with E-state index in [2.05, 4.69) is 16.7 Å². The monoisotopic (exact) mass is 331 g/mol. The first-order valence-electron chi connectivity index (χ1n) is 8.55. The van der Waals surface area contributed by atoms with Crippen molar-refractivity contribution in [2.24, 2.45) is 0 Å². The van der Waals surface area contributed by atoms with Crippen molar-refractivity contribution in [3.8, 4) is 0 Å². The first-order chi connectivity index (χ1) is 10.9. The zero-order chi connectivity index (χ0) is 14.5. The van der Waals surface area contributed by atoms with Crippen molar-refractivity contribution in [1.82, 2.24) is 9.97 Å². The molecule has 0 atom stereocenters. The highest BCUT2D eigenvalue weighted by atomic mass is 32.2. The second-order valence-electron chi connectivity index (χ2n) is 6.67. The SMILES string of the molecule is C1CCc2c(sc3nc(C4CC4)nc(N4CCSCC4)c23)C1. The van der Waals surface area contributed by atoms with Gasteiger partial charge in [0.15, 0.2) is 0 Å². The Morgan fingerprint density at radius 1 is 1.00 bits per heavy atom. The van der Waals surface area contributed by atoms with Gasteiger partial charge >= 0.3 is 0 Å². The van der Waals surface area contributed by atoms with Crippen LogP contribution in [0.25, 0.3) is 10.2 Å². The van der Waals surface area contributed by atoms with Gasteiger partial charge in [0.1, 0.15) is 16.5 Å². The summed E-state index contributed by atoms with van der Waals surface area (Å²) in [5.41, 5.74) is 1.59. The van der Waals surface area contributed by atoms with Crippen LogP contribution in [-0.4, -0.2) is 34.6 Å².